The van der Waals surface area contributed by atoms with Crippen molar-refractivity contribution in [3.8, 4) is 0 Å². The van der Waals surface area contributed by atoms with Crippen molar-refractivity contribution in [1.82, 2.24) is 20.0 Å². The van der Waals surface area contributed by atoms with Crippen LogP contribution in [0.4, 0.5) is 0 Å². The van der Waals surface area contributed by atoms with E-state index in [0.717, 1.165) is 28.1 Å². The van der Waals surface area contributed by atoms with E-state index >= 15 is 0 Å². The van der Waals surface area contributed by atoms with Gasteiger partial charge >= 0.3 is 0 Å². The number of nitrogens with one attached hydrogen (secondary N) is 1. The first-order chi connectivity index (χ1) is 20.4. The molecule has 5 heterocycles. The molecular formula is C32H40BrN5O5. The summed E-state index contributed by atoms with van der Waals surface area (Å²) in [6, 6.07) is 4.70. The summed E-state index contributed by atoms with van der Waals surface area (Å²) in [4.78, 5) is 52.1. The first-order valence-electron chi connectivity index (χ1n) is 15.5. The Hall–Kier alpha value is -2.60. The highest BCUT2D eigenvalue weighted by Crippen LogP contribution is 2.48. The van der Waals surface area contributed by atoms with Gasteiger partial charge in [-0.2, -0.15) is 0 Å². The van der Waals surface area contributed by atoms with Crippen LogP contribution < -0.4 is 15.9 Å². The van der Waals surface area contributed by atoms with Crippen LogP contribution in [0.3, 0.4) is 0 Å². The van der Waals surface area contributed by atoms with Crippen LogP contribution in [0.15, 0.2) is 29.3 Å². The van der Waals surface area contributed by atoms with Crippen molar-refractivity contribution in [3.63, 3.8) is 0 Å². The molecule has 3 saturated heterocycles. The third kappa shape index (κ3) is 4.07. The Morgan fingerprint density at radius 1 is 1.26 bits per heavy atom. The van der Waals surface area contributed by atoms with E-state index in [1.54, 1.807) is 18.7 Å². The number of hydrogen-bond donors (Lipinski definition) is 2. The molecular weight excluding hydrogens is 614 g/mol. The third-order valence-electron chi connectivity index (χ3n) is 10.3. The standard InChI is InChI=1S/C32H40BrN5O5/c1-16(2)12-24-29(40)37-11-7-10-25(37)32(42)38(24)30(41)31(43-32,17(3)4)35-28(39)18-13-20-19-8-6-9-22-26(19)21(27(33)34-22)14-23(20)36(5)15-18/h6,8-9,13,16-18,23-25,27,42H,7,10-12,14-15H2,1-5H3,(H,35,39)/t18?,23-,24?,25+,27?,31-,32?/m1/s1. The van der Waals surface area contributed by atoms with Crippen LogP contribution in [0.5, 0.6) is 0 Å². The van der Waals surface area contributed by atoms with Gasteiger partial charge in [0.2, 0.25) is 17.5 Å². The molecule has 6 aliphatic rings. The first-order valence-corrected chi connectivity index (χ1v) is 16.4. The van der Waals surface area contributed by atoms with Crippen LogP contribution >= 0.6 is 15.9 Å². The number of carbonyl (C=O) groups excluding carboxylic acids is 3. The summed E-state index contributed by atoms with van der Waals surface area (Å²) in [6.45, 7) is 8.57. The molecule has 2 N–H and O–H groups in total. The Morgan fingerprint density at radius 2 is 2.02 bits per heavy atom. The second-order valence-corrected chi connectivity index (χ2v) is 14.6. The van der Waals surface area contributed by atoms with Gasteiger partial charge in [0.15, 0.2) is 0 Å². The average Bonchev–Trinajstić information content (AvgIpc) is 3.63. The van der Waals surface area contributed by atoms with Crippen molar-refractivity contribution in [3.05, 3.63) is 40.4 Å². The second-order valence-electron chi connectivity index (χ2n) is 13.7. The first kappa shape index (κ1) is 29.1. The zero-order chi connectivity index (χ0) is 30.6. The molecule has 7 atom stereocenters. The van der Waals surface area contributed by atoms with Crippen LogP contribution in [0.25, 0.3) is 11.1 Å². The molecule has 10 nitrogen and oxygen atoms in total. The summed E-state index contributed by atoms with van der Waals surface area (Å²) in [7, 11) is 2.03. The number of benzene rings is 1. The predicted octanol–water partition coefficient (Wildman–Crippen LogP) is 1.30. The summed E-state index contributed by atoms with van der Waals surface area (Å²) in [5.41, 5.74) is 1.64. The molecule has 1 aromatic carbocycles. The van der Waals surface area contributed by atoms with Crippen molar-refractivity contribution in [2.75, 3.05) is 20.1 Å². The molecule has 0 aromatic heterocycles. The number of alkyl halides is 1. The van der Waals surface area contributed by atoms with Gasteiger partial charge in [-0.1, -0.05) is 61.8 Å². The predicted molar refractivity (Wildman–Crippen MR) is 162 cm³/mol. The van der Waals surface area contributed by atoms with Crippen LogP contribution in [0, 0.1) is 17.8 Å². The molecule has 4 unspecified atom stereocenters. The summed E-state index contributed by atoms with van der Waals surface area (Å²) >= 11 is 3.73. The van der Waals surface area contributed by atoms with E-state index in [1.807, 2.05) is 39.1 Å². The lowest BCUT2D eigenvalue weighted by Crippen LogP contribution is -2.71. The van der Waals surface area contributed by atoms with Gasteiger partial charge in [-0.3, -0.25) is 33.9 Å². The molecule has 0 bridgehead atoms. The second kappa shape index (κ2) is 9.95. The summed E-state index contributed by atoms with van der Waals surface area (Å²) in [5.74, 6) is -4.03. The SMILES string of the molecule is CC(C)CC1C(=O)N2CCC[C@H]2C2(O)O[C@](NC(=O)C3C=C4c5cccc6c5=C(C[C@H]4N(C)C3)C(Br)N=6)(C(C)C)C(=O)N12. The number of hydrogen-bond acceptors (Lipinski definition) is 7. The Bertz CT molecular complexity index is 1580. The average molecular weight is 655 g/mol. The molecule has 0 radical (unpaired) electrons. The molecule has 1 aliphatic carbocycles. The van der Waals surface area contributed by atoms with Crippen LogP contribution in [0.2, 0.25) is 0 Å². The lowest BCUT2D eigenvalue weighted by molar-refractivity contribution is -0.322. The van der Waals surface area contributed by atoms with Crippen molar-refractivity contribution in [2.24, 2.45) is 22.7 Å². The third-order valence-corrected chi connectivity index (χ3v) is 11.1. The zero-order valence-electron chi connectivity index (χ0n) is 25.3. The van der Waals surface area contributed by atoms with Crippen molar-refractivity contribution < 1.29 is 24.2 Å². The largest absolute Gasteiger partial charge is 0.347 e. The normalized spacial score (nSPS) is 36.4. The Labute approximate surface area is 259 Å². The number of fused-ring (bicyclic) bond motifs is 5. The van der Waals surface area contributed by atoms with E-state index in [1.165, 1.54) is 10.5 Å². The number of nitrogens with zero attached hydrogens (tertiary/aromatic N) is 4. The molecule has 230 valence electrons. The number of carbonyl (C=O) groups is 3. The van der Waals surface area contributed by atoms with Gasteiger partial charge in [0.25, 0.3) is 11.8 Å². The molecule has 5 aliphatic heterocycles. The molecule has 1 aromatic rings. The zero-order valence-corrected chi connectivity index (χ0v) is 26.9. The lowest BCUT2D eigenvalue weighted by atomic mass is 9.80. The van der Waals surface area contributed by atoms with Gasteiger partial charge < -0.3 is 15.3 Å². The van der Waals surface area contributed by atoms with E-state index in [2.05, 4.69) is 32.2 Å². The Kier molecular flexibility index (Phi) is 6.74. The van der Waals surface area contributed by atoms with Crippen molar-refractivity contribution in [2.45, 2.75) is 88.1 Å². The number of likely N-dealkylation sites (N-methyl/N-ethyl adjacent to an activating group) is 1. The lowest BCUT2D eigenvalue weighted by Gasteiger charge is -2.49. The minimum absolute atomic E-state index is 0.0393. The van der Waals surface area contributed by atoms with E-state index in [0.29, 0.717) is 32.4 Å². The quantitative estimate of drug-likeness (QED) is 0.366. The smallest absolute Gasteiger partial charge is 0.281 e. The maximum atomic E-state index is 14.4. The summed E-state index contributed by atoms with van der Waals surface area (Å²) in [5, 5.41) is 17.3. The number of aliphatic hydroxyl groups is 1. The van der Waals surface area contributed by atoms with Crippen LogP contribution in [-0.4, -0.2) is 92.4 Å². The summed E-state index contributed by atoms with van der Waals surface area (Å²) in [6.07, 6.45) is 4.49. The number of amides is 3. The van der Waals surface area contributed by atoms with Gasteiger partial charge in [-0.15, -0.1) is 0 Å². The Balaban J connectivity index is 1.25. The Morgan fingerprint density at radius 3 is 2.74 bits per heavy atom. The van der Waals surface area contributed by atoms with E-state index in [9.17, 15) is 19.5 Å². The van der Waals surface area contributed by atoms with E-state index < -0.39 is 41.5 Å². The van der Waals surface area contributed by atoms with E-state index in [-0.39, 0.29) is 28.7 Å². The van der Waals surface area contributed by atoms with Gasteiger partial charge in [0.05, 0.1) is 11.3 Å². The fourth-order valence-corrected chi connectivity index (χ4v) is 8.83. The number of piperazine rings is 1. The van der Waals surface area contributed by atoms with Crippen LogP contribution in [0.1, 0.15) is 58.9 Å². The van der Waals surface area contributed by atoms with Crippen LogP contribution in [-0.2, 0) is 19.1 Å². The number of ether oxygens (including phenoxy) is 1. The molecule has 0 spiro atoms. The molecule has 11 heteroatoms. The van der Waals surface area contributed by atoms with Crippen molar-refractivity contribution in [1.29, 1.82) is 0 Å². The van der Waals surface area contributed by atoms with Gasteiger partial charge in [0.1, 0.15) is 17.0 Å². The highest BCUT2D eigenvalue weighted by atomic mass is 79.9. The fourth-order valence-electron chi connectivity index (χ4n) is 8.19. The summed E-state index contributed by atoms with van der Waals surface area (Å²) < 4.78 is 6.44. The maximum Gasteiger partial charge on any atom is 0.281 e. The number of rotatable bonds is 5. The minimum Gasteiger partial charge on any atom is -0.347 e. The van der Waals surface area contributed by atoms with Gasteiger partial charge in [-0.25, -0.2) is 0 Å². The molecule has 3 amide bonds. The minimum atomic E-state index is -2.01. The maximum absolute atomic E-state index is 14.4. The molecule has 3 fully saturated rings. The highest BCUT2D eigenvalue weighted by Gasteiger charge is 2.72. The topological polar surface area (TPSA) is 115 Å². The molecule has 7 rings (SSSR count). The molecule has 0 saturated carbocycles. The fraction of sp³-hybridized carbons (Fsp3) is 0.625. The molecule has 43 heavy (non-hydrogen) atoms. The van der Waals surface area contributed by atoms with Gasteiger partial charge in [-0.05, 0) is 61.4 Å². The van der Waals surface area contributed by atoms with Gasteiger partial charge in [0, 0.05) is 30.3 Å². The van der Waals surface area contributed by atoms with Crippen molar-refractivity contribution >= 4 is 44.8 Å². The van der Waals surface area contributed by atoms with E-state index in [4.69, 9.17) is 9.73 Å². The monoisotopic (exact) mass is 653 g/mol. The number of halogens is 1. The highest BCUT2D eigenvalue weighted by molar-refractivity contribution is 9.09.